The highest BCUT2D eigenvalue weighted by atomic mass is 32.2. The number of hydrogen-bond donors (Lipinski definition) is 2. The number of carbonyl (C=O) groups is 2. The molecule has 1 saturated heterocycles. The van der Waals surface area contributed by atoms with Crippen LogP contribution in [-0.4, -0.2) is 63.1 Å². The number of aryl methyl sites for hydroxylation is 1. The Kier molecular flexibility index (Phi) is 9.26. The van der Waals surface area contributed by atoms with Crippen LogP contribution >= 0.6 is 23.1 Å². The van der Waals surface area contributed by atoms with Gasteiger partial charge in [-0.1, -0.05) is 53.8 Å². The summed E-state index contributed by atoms with van der Waals surface area (Å²) >= 11 is 2.64. The summed E-state index contributed by atoms with van der Waals surface area (Å²) in [5.41, 5.74) is 2.98. The number of nitrogens with one attached hydrogen (secondary N) is 2. The van der Waals surface area contributed by atoms with Gasteiger partial charge in [-0.15, -0.1) is 10.2 Å². The van der Waals surface area contributed by atoms with E-state index in [9.17, 15) is 18.0 Å². The molecule has 0 spiro atoms. The molecule has 0 bridgehead atoms. The first-order valence-corrected chi connectivity index (χ1v) is 17.7. The number of hydrogen-bond acceptors (Lipinski definition) is 9. The second-order valence-electron chi connectivity index (χ2n) is 10.6. The molecule has 0 unspecified atom stereocenters. The minimum atomic E-state index is -3.59. The van der Waals surface area contributed by atoms with E-state index in [4.69, 9.17) is 0 Å². The molecule has 6 rings (SSSR count). The van der Waals surface area contributed by atoms with Crippen molar-refractivity contribution in [3.8, 4) is 5.69 Å². The fourth-order valence-corrected chi connectivity index (χ4v) is 8.21. The Hall–Kier alpha value is -4.11. The second kappa shape index (κ2) is 13.5. The molecule has 1 aliphatic heterocycles. The maximum atomic E-state index is 13.1. The average molecular weight is 662 g/mol. The summed E-state index contributed by atoms with van der Waals surface area (Å²) in [6, 6.07) is 21.4. The number of thiazole rings is 1. The van der Waals surface area contributed by atoms with Gasteiger partial charge >= 0.3 is 0 Å². The van der Waals surface area contributed by atoms with Crippen LogP contribution in [-0.2, 0) is 21.4 Å². The first-order valence-electron chi connectivity index (χ1n) is 14.5. The van der Waals surface area contributed by atoms with Crippen LogP contribution in [0.3, 0.4) is 0 Å². The Balaban J connectivity index is 1.14. The number of nitrogens with zero attached hydrogens (tertiary/aromatic N) is 5. The largest absolute Gasteiger partial charge is 0.345 e. The highest BCUT2D eigenvalue weighted by Crippen LogP contribution is 2.27. The Morgan fingerprint density at radius 1 is 0.956 bits per heavy atom. The number of rotatable bonds is 10. The van der Waals surface area contributed by atoms with E-state index in [-0.39, 0.29) is 29.0 Å². The fraction of sp³-hybridized carbons (Fsp3) is 0.258. The van der Waals surface area contributed by atoms with Crippen molar-refractivity contribution in [1.82, 2.24) is 29.4 Å². The van der Waals surface area contributed by atoms with Crippen LogP contribution in [0.5, 0.6) is 0 Å². The van der Waals surface area contributed by atoms with Crippen molar-refractivity contribution in [1.29, 1.82) is 0 Å². The fourth-order valence-electron chi connectivity index (χ4n) is 5.04. The highest BCUT2D eigenvalue weighted by molar-refractivity contribution is 7.99. The van der Waals surface area contributed by atoms with Gasteiger partial charge < -0.3 is 10.6 Å². The summed E-state index contributed by atoms with van der Waals surface area (Å²) in [5, 5.41) is 15.4. The molecule has 0 atom stereocenters. The summed E-state index contributed by atoms with van der Waals surface area (Å²) in [6.45, 7) is 3.06. The molecule has 5 aromatic rings. The number of fused-ring (bicyclic) bond motifs is 1. The lowest BCUT2D eigenvalue weighted by Gasteiger charge is -2.25. The number of amides is 2. The van der Waals surface area contributed by atoms with Gasteiger partial charge in [-0.3, -0.25) is 14.2 Å². The lowest BCUT2D eigenvalue weighted by atomic mass is 10.2. The lowest BCUT2D eigenvalue weighted by molar-refractivity contribution is -0.113. The number of aromatic nitrogens is 4. The predicted molar refractivity (Wildman–Crippen MR) is 175 cm³/mol. The van der Waals surface area contributed by atoms with E-state index in [1.54, 1.807) is 0 Å². The summed E-state index contributed by atoms with van der Waals surface area (Å²) in [6.07, 6.45) is 2.73. The maximum Gasteiger partial charge on any atom is 0.251 e. The summed E-state index contributed by atoms with van der Waals surface area (Å²) in [7, 11) is -3.59. The van der Waals surface area contributed by atoms with E-state index in [0.29, 0.717) is 34.8 Å². The second-order valence-corrected chi connectivity index (χ2v) is 14.5. The number of benzene rings is 3. The van der Waals surface area contributed by atoms with Gasteiger partial charge in [0, 0.05) is 24.3 Å². The van der Waals surface area contributed by atoms with Gasteiger partial charge in [-0.05, 0) is 73.9 Å². The van der Waals surface area contributed by atoms with Crippen LogP contribution in [0.25, 0.3) is 15.9 Å². The van der Waals surface area contributed by atoms with Gasteiger partial charge in [0.1, 0.15) is 0 Å². The number of anilines is 1. The van der Waals surface area contributed by atoms with E-state index >= 15 is 0 Å². The molecular formula is C31H31N7O4S3. The zero-order valence-corrected chi connectivity index (χ0v) is 26.9. The standard InChI is InChI=1S/C31H31N7O4S3/c1-21-8-7-9-23(18-21)38-27(35-36-31(38)43-20-28(39)34-30-33-25-10-3-4-11-26(25)44-30)19-32-29(40)22-12-14-24(15-13-22)45(41,42)37-16-5-2-6-17-37/h3-4,7-15,18H,2,5-6,16-17,19-20H2,1H3,(H,32,40)(H,33,34,39). The molecular weight excluding hydrogens is 631 g/mol. The number of para-hydroxylation sites is 1. The normalized spacial score (nSPS) is 14.0. The number of thioether (sulfide) groups is 1. The predicted octanol–water partition coefficient (Wildman–Crippen LogP) is 5.02. The third-order valence-corrected chi connectivity index (χ3v) is 11.1. The Morgan fingerprint density at radius 3 is 2.49 bits per heavy atom. The van der Waals surface area contributed by atoms with Crippen LogP contribution in [0.15, 0.2) is 82.8 Å². The quantitative estimate of drug-likeness (QED) is 0.199. The summed E-state index contributed by atoms with van der Waals surface area (Å²) in [5.74, 6) is -0.0373. The van der Waals surface area contributed by atoms with E-state index in [1.165, 1.54) is 51.7 Å². The Labute approximate surface area is 269 Å². The van der Waals surface area contributed by atoms with Crippen molar-refractivity contribution in [3.63, 3.8) is 0 Å². The van der Waals surface area contributed by atoms with Crippen LogP contribution in [0.4, 0.5) is 5.13 Å². The number of piperidine rings is 1. The highest BCUT2D eigenvalue weighted by Gasteiger charge is 2.26. The topological polar surface area (TPSA) is 139 Å². The number of carbonyl (C=O) groups excluding carboxylic acids is 2. The molecule has 1 aliphatic rings. The van der Waals surface area contributed by atoms with Crippen LogP contribution < -0.4 is 10.6 Å². The molecule has 2 amide bonds. The lowest BCUT2D eigenvalue weighted by Crippen LogP contribution is -2.35. The minimum absolute atomic E-state index is 0.0616. The zero-order valence-electron chi connectivity index (χ0n) is 24.5. The van der Waals surface area contributed by atoms with Gasteiger partial charge in [0.15, 0.2) is 16.1 Å². The molecule has 11 nitrogen and oxygen atoms in total. The molecule has 0 aliphatic carbocycles. The molecule has 0 radical (unpaired) electrons. The van der Waals surface area contributed by atoms with E-state index in [2.05, 4.69) is 25.8 Å². The van der Waals surface area contributed by atoms with E-state index in [1.807, 2.05) is 60.0 Å². The Morgan fingerprint density at radius 2 is 1.73 bits per heavy atom. The molecule has 2 aromatic heterocycles. The van der Waals surface area contributed by atoms with E-state index < -0.39 is 10.0 Å². The third-order valence-electron chi connectivity index (χ3n) is 7.31. The van der Waals surface area contributed by atoms with Crippen molar-refractivity contribution < 1.29 is 18.0 Å². The first-order chi connectivity index (χ1) is 21.8. The smallest absolute Gasteiger partial charge is 0.251 e. The van der Waals surface area contributed by atoms with Crippen molar-refractivity contribution in [2.75, 3.05) is 24.2 Å². The molecule has 232 valence electrons. The van der Waals surface area contributed by atoms with Crippen molar-refractivity contribution in [2.24, 2.45) is 0 Å². The monoisotopic (exact) mass is 661 g/mol. The molecule has 45 heavy (non-hydrogen) atoms. The first kappa shape index (κ1) is 30.9. The molecule has 0 saturated carbocycles. The maximum absolute atomic E-state index is 13.1. The molecule has 3 aromatic carbocycles. The van der Waals surface area contributed by atoms with Crippen molar-refractivity contribution in [2.45, 2.75) is 42.8 Å². The molecule has 2 N–H and O–H groups in total. The zero-order chi connectivity index (χ0) is 31.4. The third kappa shape index (κ3) is 7.09. The SMILES string of the molecule is Cc1cccc(-n2c(CNC(=O)c3ccc(S(=O)(=O)N4CCCCC4)cc3)nnc2SCC(=O)Nc2nc3ccccc3s2)c1. The van der Waals surface area contributed by atoms with Gasteiger partial charge in [0.25, 0.3) is 5.91 Å². The van der Waals surface area contributed by atoms with Gasteiger partial charge in [-0.2, -0.15) is 4.31 Å². The molecule has 14 heteroatoms. The van der Waals surface area contributed by atoms with Crippen LogP contribution in [0.1, 0.15) is 41.0 Å². The van der Waals surface area contributed by atoms with Gasteiger partial charge in [0.05, 0.1) is 27.4 Å². The van der Waals surface area contributed by atoms with Crippen LogP contribution in [0.2, 0.25) is 0 Å². The van der Waals surface area contributed by atoms with Gasteiger partial charge in [-0.25, -0.2) is 13.4 Å². The van der Waals surface area contributed by atoms with Crippen molar-refractivity contribution in [3.05, 3.63) is 89.7 Å². The number of sulfonamides is 1. The minimum Gasteiger partial charge on any atom is -0.345 e. The summed E-state index contributed by atoms with van der Waals surface area (Å²) < 4.78 is 30.3. The summed E-state index contributed by atoms with van der Waals surface area (Å²) in [4.78, 5) is 30.5. The van der Waals surface area contributed by atoms with Gasteiger partial charge in [0.2, 0.25) is 15.9 Å². The molecule has 1 fully saturated rings. The molecule has 3 heterocycles. The Bertz CT molecular complexity index is 1920. The average Bonchev–Trinajstić information content (AvgIpc) is 3.66. The van der Waals surface area contributed by atoms with Crippen molar-refractivity contribution >= 4 is 60.3 Å². The van der Waals surface area contributed by atoms with E-state index in [0.717, 1.165) is 40.7 Å². The van der Waals surface area contributed by atoms with Crippen LogP contribution in [0, 0.1) is 6.92 Å².